The van der Waals surface area contributed by atoms with Crippen LogP contribution in [0.5, 0.6) is 0 Å². The zero-order valence-corrected chi connectivity index (χ0v) is 12.2. The van der Waals surface area contributed by atoms with Crippen LogP contribution in [-0.4, -0.2) is 0 Å². The molecule has 17 heavy (non-hydrogen) atoms. The average molecular weight is 363 g/mol. The standard InChI is InChI=1S/C12H10Br2FNO/c1-7(11-4-5-12(14)17-11)16-10-3-2-8(15)6-9(10)13/h2-7,16H,1H3. The summed E-state index contributed by atoms with van der Waals surface area (Å²) in [6, 6.07) is 8.26. The van der Waals surface area contributed by atoms with Crippen LogP contribution in [0, 0.1) is 5.82 Å². The summed E-state index contributed by atoms with van der Waals surface area (Å²) in [6.07, 6.45) is 0. The molecule has 0 aliphatic heterocycles. The van der Waals surface area contributed by atoms with E-state index in [1.54, 1.807) is 6.07 Å². The second kappa shape index (κ2) is 5.23. The molecule has 5 heteroatoms. The van der Waals surface area contributed by atoms with Gasteiger partial charge >= 0.3 is 0 Å². The van der Waals surface area contributed by atoms with E-state index in [4.69, 9.17) is 4.42 Å². The molecule has 0 spiro atoms. The maximum atomic E-state index is 12.9. The van der Waals surface area contributed by atoms with E-state index >= 15 is 0 Å². The molecule has 1 atom stereocenters. The Hall–Kier alpha value is -0.810. The van der Waals surface area contributed by atoms with Crippen LogP contribution in [-0.2, 0) is 0 Å². The van der Waals surface area contributed by atoms with Crippen LogP contribution in [0.4, 0.5) is 10.1 Å². The lowest BCUT2D eigenvalue weighted by Gasteiger charge is -2.14. The Morgan fingerprint density at radius 1 is 1.24 bits per heavy atom. The Morgan fingerprint density at radius 2 is 2.00 bits per heavy atom. The third-order valence-electron chi connectivity index (χ3n) is 2.32. The van der Waals surface area contributed by atoms with E-state index in [0.717, 1.165) is 11.4 Å². The van der Waals surface area contributed by atoms with Crippen molar-refractivity contribution in [3.8, 4) is 0 Å². The zero-order valence-electron chi connectivity index (χ0n) is 9.01. The van der Waals surface area contributed by atoms with E-state index < -0.39 is 0 Å². The summed E-state index contributed by atoms with van der Waals surface area (Å²) in [6.45, 7) is 1.97. The second-order valence-electron chi connectivity index (χ2n) is 3.63. The van der Waals surface area contributed by atoms with Gasteiger partial charge in [-0.05, 0) is 69.1 Å². The van der Waals surface area contributed by atoms with Crippen molar-refractivity contribution in [3.63, 3.8) is 0 Å². The fourth-order valence-electron chi connectivity index (χ4n) is 1.47. The third-order valence-corrected chi connectivity index (χ3v) is 3.41. The van der Waals surface area contributed by atoms with Crippen LogP contribution in [0.15, 0.2) is 43.9 Å². The molecule has 0 radical (unpaired) electrons. The van der Waals surface area contributed by atoms with Gasteiger partial charge < -0.3 is 9.73 Å². The SMILES string of the molecule is CC(Nc1ccc(F)cc1Br)c1ccc(Br)o1. The summed E-state index contributed by atoms with van der Waals surface area (Å²) in [4.78, 5) is 0. The van der Waals surface area contributed by atoms with Crippen molar-refractivity contribution < 1.29 is 8.81 Å². The predicted molar refractivity (Wildman–Crippen MR) is 72.5 cm³/mol. The minimum atomic E-state index is -0.268. The van der Waals surface area contributed by atoms with Crippen molar-refractivity contribution in [3.05, 3.63) is 51.1 Å². The molecule has 0 saturated heterocycles. The summed E-state index contributed by atoms with van der Waals surface area (Å²) in [5.74, 6) is 0.545. The van der Waals surface area contributed by atoms with Crippen LogP contribution in [0.3, 0.4) is 0 Å². The summed E-state index contributed by atoms with van der Waals surface area (Å²) < 4.78 is 19.8. The zero-order chi connectivity index (χ0) is 12.4. The van der Waals surface area contributed by atoms with E-state index in [1.807, 2.05) is 19.1 Å². The number of anilines is 1. The molecular formula is C12H10Br2FNO. The molecule has 0 amide bonds. The van der Waals surface area contributed by atoms with E-state index in [-0.39, 0.29) is 11.9 Å². The van der Waals surface area contributed by atoms with Crippen molar-refractivity contribution in [1.82, 2.24) is 0 Å². The van der Waals surface area contributed by atoms with Gasteiger partial charge in [-0.3, -0.25) is 0 Å². The maximum absolute atomic E-state index is 12.9. The third kappa shape index (κ3) is 3.10. The first-order chi connectivity index (χ1) is 8.06. The maximum Gasteiger partial charge on any atom is 0.169 e. The Labute approximate surface area is 115 Å². The Bertz CT molecular complexity index is 527. The largest absolute Gasteiger partial charge is 0.452 e. The molecule has 0 bridgehead atoms. The molecule has 90 valence electrons. The molecule has 1 heterocycles. The van der Waals surface area contributed by atoms with Gasteiger partial charge in [-0.25, -0.2) is 4.39 Å². The van der Waals surface area contributed by atoms with E-state index in [2.05, 4.69) is 37.2 Å². The van der Waals surface area contributed by atoms with Gasteiger partial charge in [0.25, 0.3) is 0 Å². The van der Waals surface area contributed by atoms with Crippen LogP contribution < -0.4 is 5.32 Å². The normalized spacial score (nSPS) is 12.5. The fraction of sp³-hybridized carbons (Fsp3) is 0.167. The highest BCUT2D eigenvalue weighted by Crippen LogP contribution is 2.28. The number of hydrogen-bond acceptors (Lipinski definition) is 2. The van der Waals surface area contributed by atoms with Crippen LogP contribution >= 0.6 is 31.9 Å². The van der Waals surface area contributed by atoms with Crippen LogP contribution in [0.2, 0.25) is 0 Å². The molecular weight excluding hydrogens is 353 g/mol. The molecule has 0 fully saturated rings. The topological polar surface area (TPSA) is 25.2 Å². The first kappa shape index (κ1) is 12.6. The van der Waals surface area contributed by atoms with E-state index in [9.17, 15) is 4.39 Å². The van der Waals surface area contributed by atoms with Gasteiger partial charge in [-0.2, -0.15) is 0 Å². The second-order valence-corrected chi connectivity index (χ2v) is 5.27. The van der Waals surface area contributed by atoms with Crippen molar-refractivity contribution in [2.24, 2.45) is 0 Å². The van der Waals surface area contributed by atoms with Crippen molar-refractivity contribution in [1.29, 1.82) is 0 Å². The highest BCUT2D eigenvalue weighted by atomic mass is 79.9. The Kier molecular flexibility index (Phi) is 3.89. The molecule has 2 rings (SSSR count). The average Bonchev–Trinajstić information content (AvgIpc) is 2.69. The number of halogens is 3. The monoisotopic (exact) mass is 361 g/mol. The lowest BCUT2D eigenvalue weighted by atomic mass is 10.2. The molecule has 1 aromatic heterocycles. The summed E-state index contributed by atoms with van der Waals surface area (Å²) >= 11 is 6.57. The van der Waals surface area contributed by atoms with Crippen molar-refractivity contribution in [2.75, 3.05) is 5.32 Å². The highest BCUT2D eigenvalue weighted by molar-refractivity contribution is 9.10. The van der Waals surface area contributed by atoms with Gasteiger partial charge in [0, 0.05) is 10.2 Å². The number of furan rings is 1. The lowest BCUT2D eigenvalue weighted by molar-refractivity contribution is 0.471. The first-order valence-corrected chi connectivity index (χ1v) is 6.61. The number of nitrogens with one attached hydrogen (secondary N) is 1. The number of benzene rings is 1. The van der Waals surface area contributed by atoms with Crippen molar-refractivity contribution in [2.45, 2.75) is 13.0 Å². The van der Waals surface area contributed by atoms with Gasteiger partial charge in [0.2, 0.25) is 0 Å². The minimum absolute atomic E-state index is 0.00283. The summed E-state index contributed by atoms with van der Waals surface area (Å²) in [7, 11) is 0. The summed E-state index contributed by atoms with van der Waals surface area (Å²) in [5, 5.41) is 3.24. The molecule has 1 aromatic carbocycles. The molecule has 2 aromatic rings. The Morgan fingerprint density at radius 3 is 2.59 bits per heavy atom. The van der Waals surface area contributed by atoms with Crippen LogP contribution in [0.1, 0.15) is 18.7 Å². The Balaban J connectivity index is 2.15. The molecule has 1 unspecified atom stereocenters. The number of hydrogen-bond donors (Lipinski definition) is 1. The molecule has 0 aliphatic carbocycles. The first-order valence-electron chi connectivity index (χ1n) is 5.03. The quantitative estimate of drug-likeness (QED) is 0.819. The lowest BCUT2D eigenvalue weighted by Crippen LogP contribution is -2.06. The molecule has 2 nitrogen and oxygen atoms in total. The van der Waals surface area contributed by atoms with Gasteiger partial charge in [0.15, 0.2) is 4.67 Å². The van der Waals surface area contributed by atoms with Gasteiger partial charge in [0.1, 0.15) is 11.6 Å². The smallest absolute Gasteiger partial charge is 0.169 e. The predicted octanol–water partition coefficient (Wildman–Crippen LogP) is 5.12. The van der Waals surface area contributed by atoms with Crippen LogP contribution in [0.25, 0.3) is 0 Å². The summed E-state index contributed by atoms with van der Waals surface area (Å²) in [5.41, 5.74) is 0.825. The van der Waals surface area contributed by atoms with Gasteiger partial charge in [-0.1, -0.05) is 0 Å². The molecule has 0 saturated carbocycles. The number of rotatable bonds is 3. The molecule has 1 N–H and O–H groups in total. The fourth-order valence-corrected chi connectivity index (χ4v) is 2.26. The van der Waals surface area contributed by atoms with Gasteiger partial charge in [0.05, 0.1) is 6.04 Å². The van der Waals surface area contributed by atoms with Crippen molar-refractivity contribution >= 4 is 37.5 Å². The molecule has 0 aliphatic rings. The minimum Gasteiger partial charge on any atom is -0.452 e. The van der Waals surface area contributed by atoms with E-state index in [0.29, 0.717) is 9.14 Å². The highest BCUT2D eigenvalue weighted by Gasteiger charge is 2.11. The van der Waals surface area contributed by atoms with Gasteiger partial charge in [-0.15, -0.1) is 0 Å². The van der Waals surface area contributed by atoms with E-state index in [1.165, 1.54) is 12.1 Å².